The number of carbonyl (C=O) groups excluding carboxylic acids is 2. The molecule has 212 valence electrons. The zero-order valence-corrected chi connectivity index (χ0v) is 25.6. The molecule has 5 rings (SSSR count). The maximum absolute atomic E-state index is 13.5. The summed E-state index contributed by atoms with van der Waals surface area (Å²) in [5.74, 6) is -0.680. The highest BCUT2D eigenvalue weighted by Gasteiger charge is 2.54. The second-order valence-electron chi connectivity index (χ2n) is 10.6. The molecule has 0 amide bonds. The van der Waals surface area contributed by atoms with Crippen LogP contribution in [0.3, 0.4) is 0 Å². The van der Waals surface area contributed by atoms with Crippen molar-refractivity contribution < 1.29 is 41.1 Å². The number of aryl methyl sites for hydroxylation is 1. The van der Waals surface area contributed by atoms with E-state index < -0.39 is 11.6 Å². The van der Waals surface area contributed by atoms with E-state index in [9.17, 15) is 14.7 Å². The van der Waals surface area contributed by atoms with E-state index in [1.165, 1.54) is 32.4 Å². The molecule has 2 fully saturated rings. The van der Waals surface area contributed by atoms with Crippen molar-refractivity contribution in [1.29, 1.82) is 0 Å². The van der Waals surface area contributed by atoms with Crippen LogP contribution in [0.5, 0.6) is 0 Å². The molecule has 0 spiro atoms. The third kappa shape index (κ3) is 6.29. The van der Waals surface area contributed by atoms with Gasteiger partial charge in [0.25, 0.3) is 0 Å². The van der Waals surface area contributed by atoms with E-state index in [4.69, 9.17) is 9.47 Å². The summed E-state index contributed by atoms with van der Waals surface area (Å²) in [5.41, 5.74) is -1.75. The highest BCUT2D eigenvalue weighted by atomic mass is 35.5. The van der Waals surface area contributed by atoms with Crippen molar-refractivity contribution in [3.63, 3.8) is 0 Å². The number of hydrogen-bond acceptors (Lipinski definition) is 8. The second-order valence-corrected chi connectivity index (χ2v) is 13.7. The number of hydrogen-bond donors (Lipinski definition) is 1. The number of fused-ring (bicyclic) bond motifs is 2. The molecule has 0 aliphatic carbocycles. The van der Waals surface area contributed by atoms with E-state index in [1.807, 2.05) is 41.2 Å². The summed E-state index contributed by atoms with van der Waals surface area (Å²) in [4.78, 5) is 29.0. The smallest absolute Gasteiger partial charge is 0.349 e. The molecule has 2 aliphatic rings. The molecular weight excluding hydrogens is 574 g/mol. The van der Waals surface area contributed by atoms with E-state index >= 15 is 0 Å². The van der Waals surface area contributed by atoms with Crippen molar-refractivity contribution in [3.05, 3.63) is 66.7 Å². The van der Waals surface area contributed by atoms with Gasteiger partial charge < -0.3 is 31.5 Å². The topological polar surface area (TPSA) is 72.8 Å². The Morgan fingerprint density at radius 3 is 2.21 bits per heavy atom. The molecule has 0 radical (unpaired) electrons. The second kappa shape index (κ2) is 12.8. The van der Waals surface area contributed by atoms with Gasteiger partial charge in [-0.25, -0.2) is 4.79 Å². The summed E-state index contributed by atoms with van der Waals surface area (Å²) in [6.07, 6.45) is 5.90. The number of carbonyl (C=O) groups is 2. The van der Waals surface area contributed by atoms with Gasteiger partial charge >= 0.3 is 11.9 Å². The fourth-order valence-corrected chi connectivity index (χ4v) is 9.11. The molecule has 1 N–H and O–H groups in total. The first-order valence-electron chi connectivity index (χ1n) is 13.4. The molecule has 3 aromatic heterocycles. The summed E-state index contributed by atoms with van der Waals surface area (Å²) in [7, 11) is 2.36. The van der Waals surface area contributed by atoms with Gasteiger partial charge in [0.05, 0.1) is 40.4 Å². The first kappa shape index (κ1) is 30.2. The molecule has 39 heavy (non-hydrogen) atoms. The zero-order chi connectivity index (χ0) is 26.8. The Balaban J connectivity index is 0.00000353. The van der Waals surface area contributed by atoms with Crippen molar-refractivity contribution in [2.75, 3.05) is 13.7 Å². The van der Waals surface area contributed by atoms with Crippen LogP contribution in [-0.2, 0) is 37.6 Å². The molecule has 5 heterocycles. The number of aliphatic hydroxyl groups is 1. The lowest BCUT2D eigenvalue weighted by Crippen LogP contribution is -3.00. The third-order valence-electron chi connectivity index (χ3n) is 8.22. The van der Waals surface area contributed by atoms with E-state index in [2.05, 4.69) is 19.2 Å². The summed E-state index contributed by atoms with van der Waals surface area (Å²) in [6.45, 7) is 3.25. The van der Waals surface area contributed by atoms with Crippen LogP contribution in [0.15, 0.2) is 47.2 Å². The minimum Gasteiger partial charge on any atom is -1.00 e. The fraction of sp³-hybridized carbons (Fsp3) is 0.517. The lowest BCUT2D eigenvalue weighted by Gasteiger charge is -2.46. The maximum atomic E-state index is 13.5. The highest BCUT2D eigenvalue weighted by molar-refractivity contribution is 7.12. The van der Waals surface area contributed by atoms with Gasteiger partial charge in [-0.3, -0.25) is 4.79 Å². The summed E-state index contributed by atoms with van der Waals surface area (Å²) >= 11 is 4.60. The van der Waals surface area contributed by atoms with E-state index in [-0.39, 0.29) is 24.5 Å². The predicted molar refractivity (Wildman–Crippen MR) is 151 cm³/mol. The molecule has 6 nitrogen and oxygen atoms in total. The largest absolute Gasteiger partial charge is 1.00 e. The standard InChI is InChI=1S/C29H36NO5S3.ClH/c1-3-34-27(31)10-4-7-23-13-14-24(38-23)19-30(2)20-11-12-21(30)18-22(17-20)35-28(32)29(33,25-8-5-15-36-25)26-9-6-16-37-26;/h5-6,8-9,13-16,20-22,33H,3-4,7,10-12,17-19H2,1-2H3;1H/q+1;/p-1/t20-,21+,22-,30+;. The van der Waals surface area contributed by atoms with Crippen molar-refractivity contribution in [1.82, 2.24) is 0 Å². The lowest BCUT2D eigenvalue weighted by molar-refractivity contribution is -0.961. The molecule has 2 bridgehead atoms. The van der Waals surface area contributed by atoms with E-state index in [1.54, 1.807) is 12.1 Å². The molecular formula is C29H36ClNO5S3. The van der Waals surface area contributed by atoms with Gasteiger partial charge in [-0.2, -0.15) is 0 Å². The molecule has 2 aliphatic heterocycles. The van der Waals surface area contributed by atoms with Crippen LogP contribution in [0.2, 0.25) is 0 Å². The first-order valence-corrected chi connectivity index (χ1v) is 16.0. The fourth-order valence-electron chi connectivity index (χ4n) is 6.19. The number of esters is 2. The monoisotopic (exact) mass is 609 g/mol. The lowest BCUT2D eigenvalue weighted by atomic mass is 9.95. The van der Waals surface area contributed by atoms with Gasteiger partial charge in [0.1, 0.15) is 12.6 Å². The van der Waals surface area contributed by atoms with Crippen LogP contribution in [0, 0.1) is 0 Å². The number of halogens is 1. The van der Waals surface area contributed by atoms with Crippen molar-refractivity contribution in [3.8, 4) is 0 Å². The molecule has 2 saturated heterocycles. The SMILES string of the molecule is CCOC(=O)CCCc1ccc(C[N@@+]2(C)[C@@H]3CC[C@H]2C[C@H](OC(=O)C(O)(c2cccs2)c2cccs2)C3)s1.[Cl-]. The minimum absolute atomic E-state index is 0. The average molecular weight is 610 g/mol. The Kier molecular flexibility index (Phi) is 9.94. The van der Waals surface area contributed by atoms with Crippen molar-refractivity contribution in [2.24, 2.45) is 0 Å². The number of nitrogens with zero attached hydrogens (tertiary/aromatic N) is 1. The van der Waals surface area contributed by atoms with E-state index in [0.29, 0.717) is 34.9 Å². The summed E-state index contributed by atoms with van der Waals surface area (Å²) in [5, 5.41) is 15.4. The number of piperidine rings is 1. The zero-order valence-electron chi connectivity index (χ0n) is 22.3. The number of rotatable bonds is 11. The van der Waals surface area contributed by atoms with Crippen molar-refractivity contribution in [2.45, 2.75) is 82.2 Å². The Hall–Kier alpha value is -1.75. The normalized spacial score (nSPS) is 24.2. The van der Waals surface area contributed by atoms with Crippen LogP contribution in [0.25, 0.3) is 0 Å². The van der Waals surface area contributed by atoms with Gasteiger partial charge in [0, 0.05) is 37.0 Å². The number of ether oxygens (including phenoxy) is 2. The highest BCUT2D eigenvalue weighted by Crippen LogP contribution is 2.45. The molecule has 4 atom stereocenters. The summed E-state index contributed by atoms with van der Waals surface area (Å²) < 4.78 is 12.1. The van der Waals surface area contributed by atoms with Crippen LogP contribution in [-0.4, -0.2) is 53.4 Å². The van der Waals surface area contributed by atoms with Crippen molar-refractivity contribution >= 4 is 45.9 Å². The minimum atomic E-state index is -1.75. The van der Waals surface area contributed by atoms with Gasteiger partial charge in [-0.15, -0.1) is 34.0 Å². The van der Waals surface area contributed by atoms with Crippen LogP contribution >= 0.6 is 34.0 Å². The average Bonchev–Trinajstić information content (AvgIpc) is 3.69. The Labute approximate surface area is 248 Å². The predicted octanol–water partition coefficient (Wildman–Crippen LogP) is 2.88. The molecule has 3 aromatic rings. The van der Waals surface area contributed by atoms with Crippen LogP contribution in [0.1, 0.15) is 65.0 Å². The van der Waals surface area contributed by atoms with Gasteiger partial charge in [-0.05, 0) is 54.8 Å². The van der Waals surface area contributed by atoms with Gasteiger partial charge in [0.2, 0.25) is 5.60 Å². The quantitative estimate of drug-likeness (QED) is 0.267. The number of quaternary nitrogens is 1. The van der Waals surface area contributed by atoms with Crippen LogP contribution < -0.4 is 12.4 Å². The number of thiophene rings is 3. The van der Waals surface area contributed by atoms with Gasteiger partial charge in [-0.1, -0.05) is 12.1 Å². The third-order valence-corrected chi connectivity index (χ3v) is 11.3. The molecule has 10 heteroatoms. The van der Waals surface area contributed by atoms with E-state index in [0.717, 1.165) is 49.6 Å². The Bertz CT molecular complexity index is 1180. The maximum Gasteiger partial charge on any atom is 0.349 e. The Morgan fingerprint density at radius 2 is 1.64 bits per heavy atom. The molecule has 0 saturated carbocycles. The van der Waals surface area contributed by atoms with Crippen LogP contribution in [0.4, 0.5) is 0 Å². The summed E-state index contributed by atoms with van der Waals surface area (Å²) in [6, 6.07) is 12.6. The first-order chi connectivity index (χ1) is 18.3. The van der Waals surface area contributed by atoms with Gasteiger partial charge in [0.15, 0.2) is 0 Å². The Morgan fingerprint density at radius 1 is 1.03 bits per heavy atom. The molecule has 0 unspecified atom stereocenters. The molecule has 0 aromatic carbocycles.